The highest BCUT2D eigenvalue weighted by Crippen LogP contribution is 2.26. The summed E-state index contributed by atoms with van der Waals surface area (Å²) in [5, 5.41) is 3.57. The maximum atomic E-state index is 12.0. The van der Waals surface area contributed by atoms with Gasteiger partial charge in [0, 0.05) is 11.6 Å². The second-order valence-corrected chi connectivity index (χ2v) is 6.12. The fourth-order valence-electron chi connectivity index (χ4n) is 2.24. The molecule has 0 aliphatic rings. The summed E-state index contributed by atoms with van der Waals surface area (Å²) >= 11 is 0. The number of carbonyl (C=O) groups is 2. The molecule has 0 saturated carbocycles. The molecule has 2 aromatic rings. The Hall–Kier alpha value is -2.50. The van der Waals surface area contributed by atoms with Gasteiger partial charge in [-0.3, -0.25) is 10.1 Å². The molecule has 0 aliphatic carbocycles. The van der Waals surface area contributed by atoms with Gasteiger partial charge in [0.1, 0.15) is 12.1 Å². The number of amides is 1. The number of anilines is 1. The molecule has 6 nitrogen and oxygen atoms in total. The lowest BCUT2D eigenvalue weighted by molar-refractivity contribution is -0.143. The van der Waals surface area contributed by atoms with Crippen molar-refractivity contribution in [3.63, 3.8) is 0 Å². The first-order valence-corrected chi connectivity index (χ1v) is 7.53. The second kappa shape index (κ2) is 6.73. The summed E-state index contributed by atoms with van der Waals surface area (Å²) in [6.07, 6.45) is 1.18. The van der Waals surface area contributed by atoms with Gasteiger partial charge in [0.2, 0.25) is 0 Å². The molecule has 0 bridgehead atoms. The SMILES string of the molecule is CCOC(=O)Cn1cc(NC(=O)OC(C)(C)C)c2ccccc21. The van der Waals surface area contributed by atoms with Crippen molar-refractivity contribution in [2.45, 2.75) is 39.8 Å². The zero-order valence-corrected chi connectivity index (χ0v) is 13.9. The van der Waals surface area contributed by atoms with E-state index in [1.54, 1.807) is 38.5 Å². The summed E-state index contributed by atoms with van der Waals surface area (Å²) < 4.78 is 12.0. The lowest BCUT2D eigenvalue weighted by Crippen LogP contribution is -2.27. The number of nitrogens with one attached hydrogen (secondary N) is 1. The number of carbonyl (C=O) groups excluding carboxylic acids is 2. The van der Waals surface area contributed by atoms with Gasteiger partial charge in [0.05, 0.1) is 17.8 Å². The van der Waals surface area contributed by atoms with Crippen LogP contribution in [0.2, 0.25) is 0 Å². The smallest absolute Gasteiger partial charge is 0.412 e. The first-order valence-electron chi connectivity index (χ1n) is 7.53. The van der Waals surface area contributed by atoms with E-state index >= 15 is 0 Å². The van der Waals surface area contributed by atoms with Crippen molar-refractivity contribution in [2.75, 3.05) is 11.9 Å². The van der Waals surface area contributed by atoms with Crippen LogP contribution in [0.25, 0.3) is 10.9 Å². The molecule has 0 spiro atoms. The molecule has 1 heterocycles. The summed E-state index contributed by atoms with van der Waals surface area (Å²) in [5.74, 6) is -0.322. The molecule has 1 aromatic carbocycles. The van der Waals surface area contributed by atoms with Gasteiger partial charge in [0.15, 0.2) is 0 Å². The molecule has 124 valence electrons. The van der Waals surface area contributed by atoms with E-state index < -0.39 is 11.7 Å². The number of para-hydroxylation sites is 1. The van der Waals surface area contributed by atoms with E-state index in [1.165, 1.54) is 0 Å². The Kier molecular flexibility index (Phi) is 4.93. The average Bonchev–Trinajstić information content (AvgIpc) is 2.75. The van der Waals surface area contributed by atoms with Gasteiger partial charge in [-0.2, -0.15) is 0 Å². The van der Waals surface area contributed by atoms with Crippen molar-refractivity contribution >= 4 is 28.7 Å². The quantitative estimate of drug-likeness (QED) is 0.875. The van der Waals surface area contributed by atoms with Gasteiger partial charge in [-0.1, -0.05) is 18.2 Å². The Bertz CT molecular complexity index is 713. The zero-order chi connectivity index (χ0) is 17.0. The highest BCUT2D eigenvalue weighted by molar-refractivity contribution is 6.00. The summed E-state index contributed by atoms with van der Waals surface area (Å²) in [6, 6.07) is 7.51. The molecule has 23 heavy (non-hydrogen) atoms. The number of benzene rings is 1. The minimum absolute atomic E-state index is 0.0877. The van der Waals surface area contributed by atoms with Crippen LogP contribution >= 0.6 is 0 Å². The summed E-state index contributed by atoms with van der Waals surface area (Å²) in [7, 11) is 0. The third-order valence-electron chi connectivity index (χ3n) is 3.03. The first-order chi connectivity index (χ1) is 10.8. The molecule has 0 fully saturated rings. The number of nitrogens with zero attached hydrogens (tertiary/aromatic N) is 1. The Labute approximate surface area is 135 Å². The second-order valence-electron chi connectivity index (χ2n) is 6.12. The molecule has 1 amide bonds. The van der Waals surface area contributed by atoms with Crippen molar-refractivity contribution in [1.82, 2.24) is 4.57 Å². The Morgan fingerprint density at radius 2 is 1.91 bits per heavy atom. The van der Waals surface area contributed by atoms with E-state index in [4.69, 9.17) is 9.47 Å². The van der Waals surface area contributed by atoms with Crippen LogP contribution in [0.3, 0.4) is 0 Å². The third kappa shape index (κ3) is 4.48. The van der Waals surface area contributed by atoms with Crippen LogP contribution < -0.4 is 5.32 Å². The Morgan fingerprint density at radius 1 is 1.22 bits per heavy atom. The van der Waals surface area contributed by atoms with E-state index in [2.05, 4.69) is 5.32 Å². The van der Waals surface area contributed by atoms with Gasteiger partial charge < -0.3 is 14.0 Å². The van der Waals surface area contributed by atoms with Crippen molar-refractivity contribution in [3.05, 3.63) is 30.5 Å². The number of ether oxygens (including phenoxy) is 2. The van der Waals surface area contributed by atoms with E-state index in [0.29, 0.717) is 12.3 Å². The first kappa shape index (κ1) is 16.9. The standard InChI is InChI=1S/C17H22N2O4/c1-5-22-15(20)11-19-10-13(12-8-6-7-9-14(12)19)18-16(21)23-17(2,3)4/h6-10H,5,11H2,1-4H3,(H,18,21). The van der Waals surface area contributed by atoms with Crippen LogP contribution in [0.4, 0.5) is 10.5 Å². The number of fused-ring (bicyclic) bond motifs is 1. The molecule has 0 aliphatic heterocycles. The molecule has 0 radical (unpaired) electrons. The Balaban J connectivity index is 2.27. The van der Waals surface area contributed by atoms with Gasteiger partial charge in [-0.15, -0.1) is 0 Å². The summed E-state index contributed by atoms with van der Waals surface area (Å²) in [6.45, 7) is 7.59. The average molecular weight is 318 g/mol. The van der Waals surface area contributed by atoms with Gasteiger partial charge in [0.25, 0.3) is 0 Å². The van der Waals surface area contributed by atoms with Crippen LogP contribution in [0.15, 0.2) is 30.5 Å². The van der Waals surface area contributed by atoms with Crippen molar-refractivity contribution in [1.29, 1.82) is 0 Å². The van der Waals surface area contributed by atoms with E-state index in [0.717, 1.165) is 10.9 Å². The molecule has 1 N–H and O–H groups in total. The number of hydrogen-bond donors (Lipinski definition) is 1. The zero-order valence-electron chi connectivity index (χ0n) is 13.9. The topological polar surface area (TPSA) is 69.6 Å². The van der Waals surface area contributed by atoms with E-state index in [1.807, 2.05) is 24.3 Å². The number of aromatic nitrogens is 1. The molecular formula is C17H22N2O4. The van der Waals surface area contributed by atoms with E-state index in [9.17, 15) is 9.59 Å². The minimum atomic E-state index is -0.576. The molecular weight excluding hydrogens is 296 g/mol. The number of esters is 1. The fourth-order valence-corrected chi connectivity index (χ4v) is 2.24. The lowest BCUT2D eigenvalue weighted by Gasteiger charge is -2.19. The molecule has 0 unspecified atom stereocenters. The highest BCUT2D eigenvalue weighted by Gasteiger charge is 2.18. The highest BCUT2D eigenvalue weighted by atomic mass is 16.6. The van der Waals surface area contributed by atoms with Crippen LogP contribution in [0.1, 0.15) is 27.7 Å². The van der Waals surface area contributed by atoms with Gasteiger partial charge in [-0.05, 0) is 33.8 Å². The maximum Gasteiger partial charge on any atom is 0.412 e. The predicted octanol–water partition coefficient (Wildman–Crippen LogP) is 3.55. The van der Waals surface area contributed by atoms with Crippen LogP contribution in [0.5, 0.6) is 0 Å². The molecule has 0 atom stereocenters. The van der Waals surface area contributed by atoms with Crippen molar-refractivity contribution in [2.24, 2.45) is 0 Å². The van der Waals surface area contributed by atoms with Gasteiger partial charge in [-0.25, -0.2) is 4.79 Å². The lowest BCUT2D eigenvalue weighted by atomic mass is 10.2. The molecule has 0 saturated heterocycles. The predicted molar refractivity (Wildman–Crippen MR) is 88.4 cm³/mol. The number of rotatable bonds is 4. The normalized spacial score (nSPS) is 11.3. The largest absolute Gasteiger partial charge is 0.465 e. The number of hydrogen-bond acceptors (Lipinski definition) is 4. The van der Waals surface area contributed by atoms with Crippen molar-refractivity contribution in [3.8, 4) is 0 Å². The summed E-state index contributed by atoms with van der Waals surface area (Å²) in [5.41, 5.74) is 0.860. The van der Waals surface area contributed by atoms with E-state index in [-0.39, 0.29) is 12.5 Å². The van der Waals surface area contributed by atoms with Gasteiger partial charge >= 0.3 is 12.1 Å². The van der Waals surface area contributed by atoms with Crippen LogP contribution in [-0.4, -0.2) is 28.8 Å². The van der Waals surface area contributed by atoms with Crippen LogP contribution in [0, 0.1) is 0 Å². The maximum absolute atomic E-state index is 12.0. The molecule has 6 heteroatoms. The fraction of sp³-hybridized carbons (Fsp3) is 0.412. The Morgan fingerprint density at radius 3 is 2.57 bits per heavy atom. The monoisotopic (exact) mass is 318 g/mol. The van der Waals surface area contributed by atoms with Crippen molar-refractivity contribution < 1.29 is 19.1 Å². The minimum Gasteiger partial charge on any atom is -0.465 e. The van der Waals surface area contributed by atoms with Crippen LogP contribution in [-0.2, 0) is 20.8 Å². The summed E-state index contributed by atoms with van der Waals surface area (Å²) in [4.78, 5) is 23.7. The molecule has 1 aromatic heterocycles. The molecule has 2 rings (SSSR count). The third-order valence-corrected chi connectivity index (χ3v) is 3.03.